The van der Waals surface area contributed by atoms with E-state index in [9.17, 15) is 14.4 Å². The number of hydrogen-bond donors (Lipinski definition) is 0. The SMILES string of the molecule is COc1ccc(N2CC(C(=O)N3CCN(C(=O)c4cccc(Cl)c4Cl)CC3)CC2=O)cc1. The first-order valence-electron chi connectivity index (χ1n) is 10.4. The van der Waals surface area contributed by atoms with E-state index in [1.807, 2.05) is 12.1 Å². The van der Waals surface area contributed by atoms with Crippen LogP contribution in [0.3, 0.4) is 0 Å². The summed E-state index contributed by atoms with van der Waals surface area (Å²) in [4.78, 5) is 43.4. The maximum Gasteiger partial charge on any atom is 0.255 e. The summed E-state index contributed by atoms with van der Waals surface area (Å²) in [5, 5.41) is 0.569. The Morgan fingerprint density at radius 2 is 1.62 bits per heavy atom. The van der Waals surface area contributed by atoms with Crippen molar-refractivity contribution in [3.63, 3.8) is 0 Å². The number of nitrogens with zero attached hydrogens (tertiary/aromatic N) is 3. The van der Waals surface area contributed by atoms with Gasteiger partial charge in [0.15, 0.2) is 0 Å². The van der Waals surface area contributed by atoms with Crippen molar-refractivity contribution < 1.29 is 19.1 Å². The fourth-order valence-corrected chi connectivity index (χ4v) is 4.49. The topological polar surface area (TPSA) is 70.2 Å². The average molecular weight is 476 g/mol. The number of piperazine rings is 1. The Bertz CT molecular complexity index is 1040. The highest BCUT2D eigenvalue weighted by Gasteiger charge is 2.38. The van der Waals surface area contributed by atoms with Gasteiger partial charge in [0.2, 0.25) is 11.8 Å². The molecule has 1 unspecified atom stereocenters. The number of rotatable bonds is 4. The van der Waals surface area contributed by atoms with E-state index in [4.69, 9.17) is 27.9 Å². The van der Waals surface area contributed by atoms with Crippen molar-refractivity contribution in [2.45, 2.75) is 6.42 Å². The van der Waals surface area contributed by atoms with Crippen molar-refractivity contribution in [1.29, 1.82) is 0 Å². The smallest absolute Gasteiger partial charge is 0.255 e. The summed E-state index contributed by atoms with van der Waals surface area (Å²) >= 11 is 12.2. The van der Waals surface area contributed by atoms with Crippen molar-refractivity contribution in [2.24, 2.45) is 5.92 Å². The second-order valence-corrected chi connectivity index (χ2v) is 8.61. The molecular weight excluding hydrogens is 453 g/mol. The summed E-state index contributed by atoms with van der Waals surface area (Å²) in [7, 11) is 1.58. The van der Waals surface area contributed by atoms with Gasteiger partial charge in [-0.05, 0) is 36.4 Å². The monoisotopic (exact) mass is 475 g/mol. The molecule has 7 nitrogen and oxygen atoms in total. The number of methoxy groups -OCH3 is 1. The fraction of sp³-hybridized carbons (Fsp3) is 0.348. The van der Waals surface area contributed by atoms with Crippen LogP contribution in [0, 0.1) is 5.92 Å². The van der Waals surface area contributed by atoms with Crippen molar-refractivity contribution in [3.8, 4) is 5.75 Å². The van der Waals surface area contributed by atoms with Crippen molar-refractivity contribution in [2.75, 3.05) is 44.7 Å². The molecule has 0 aliphatic carbocycles. The summed E-state index contributed by atoms with van der Waals surface area (Å²) in [6.07, 6.45) is 0.183. The molecule has 2 fully saturated rings. The molecule has 0 saturated carbocycles. The number of benzene rings is 2. The molecular formula is C23H23Cl2N3O4. The highest BCUT2D eigenvalue weighted by molar-refractivity contribution is 6.43. The minimum atomic E-state index is -0.394. The van der Waals surface area contributed by atoms with Crippen molar-refractivity contribution in [1.82, 2.24) is 9.80 Å². The summed E-state index contributed by atoms with van der Waals surface area (Å²) < 4.78 is 5.16. The molecule has 0 radical (unpaired) electrons. The summed E-state index contributed by atoms with van der Waals surface area (Å²) in [5.41, 5.74) is 1.11. The van der Waals surface area contributed by atoms with E-state index in [0.717, 1.165) is 5.69 Å². The zero-order chi connectivity index (χ0) is 22.8. The molecule has 3 amide bonds. The lowest BCUT2D eigenvalue weighted by Gasteiger charge is -2.36. The predicted octanol–water partition coefficient (Wildman–Crippen LogP) is 3.34. The molecule has 0 aromatic heterocycles. The van der Waals surface area contributed by atoms with Gasteiger partial charge < -0.3 is 19.4 Å². The first kappa shape index (κ1) is 22.4. The van der Waals surface area contributed by atoms with Crippen LogP contribution in [0.15, 0.2) is 42.5 Å². The molecule has 2 aliphatic rings. The van der Waals surface area contributed by atoms with E-state index in [-0.39, 0.29) is 29.2 Å². The molecule has 0 bridgehead atoms. The molecule has 1 atom stereocenters. The van der Waals surface area contributed by atoms with Crippen molar-refractivity contribution in [3.05, 3.63) is 58.1 Å². The van der Waals surface area contributed by atoms with Crippen LogP contribution >= 0.6 is 23.2 Å². The molecule has 2 aromatic rings. The normalized spacial score (nSPS) is 18.8. The summed E-state index contributed by atoms with van der Waals surface area (Å²) in [6.45, 7) is 1.97. The van der Waals surface area contributed by atoms with Crippen molar-refractivity contribution >= 4 is 46.6 Å². The lowest BCUT2D eigenvalue weighted by Crippen LogP contribution is -2.52. The van der Waals surface area contributed by atoms with E-state index < -0.39 is 5.92 Å². The Balaban J connectivity index is 1.35. The minimum absolute atomic E-state index is 0.0535. The second-order valence-electron chi connectivity index (χ2n) is 7.82. The van der Waals surface area contributed by atoms with Crippen LogP contribution in [0.5, 0.6) is 5.75 Å². The third-order valence-corrected chi connectivity index (χ3v) is 6.74. The molecule has 168 valence electrons. The van der Waals surface area contributed by atoms with Crippen LogP contribution in [0.2, 0.25) is 10.0 Å². The van der Waals surface area contributed by atoms with Gasteiger partial charge in [-0.25, -0.2) is 0 Å². The molecule has 2 heterocycles. The predicted molar refractivity (Wildman–Crippen MR) is 122 cm³/mol. The van der Waals surface area contributed by atoms with Gasteiger partial charge in [0.25, 0.3) is 5.91 Å². The van der Waals surface area contributed by atoms with E-state index in [1.165, 1.54) is 0 Å². The van der Waals surface area contributed by atoms with E-state index in [2.05, 4.69) is 0 Å². The molecule has 2 aliphatic heterocycles. The van der Waals surface area contributed by atoms with Gasteiger partial charge in [0.05, 0.1) is 28.6 Å². The maximum atomic E-state index is 13.1. The van der Waals surface area contributed by atoms with Gasteiger partial charge in [-0.2, -0.15) is 0 Å². The molecule has 4 rings (SSSR count). The van der Waals surface area contributed by atoms with Crippen LogP contribution in [-0.2, 0) is 9.59 Å². The number of hydrogen-bond acceptors (Lipinski definition) is 4. The Kier molecular flexibility index (Phi) is 6.58. The Hall–Kier alpha value is -2.77. The molecule has 9 heteroatoms. The molecule has 32 heavy (non-hydrogen) atoms. The van der Waals surface area contributed by atoms with Gasteiger partial charge in [-0.1, -0.05) is 29.3 Å². The van der Waals surface area contributed by atoms with Gasteiger partial charge in [0, 0.05) is 44.8 Å². The second kappa shape index (κ2) is 9.38. The van der Waals surface area contributed by atoms with E-state index >= 15 is 0 Å². The fourth-order valence-electron chi connectivity index (χ4n) is 4.11. The summed E-state index contributed by atoms with van der Waals surface area (Å²) in [5.74, 6) is -0.0137. The lowest BCUT2D eigenvalue weighted by molar-refractivity contribution is -0.137. The van der Waals surface area contributed by atoms with Gasteiger partial charge >= 0.3 is 0 Å². The Morgan fingerprint density at radius 3 is 2.28 bits per heavy atom. The third kappa shape index (κ3) is 4.40. The highest BCUT2D eigenvalue weighted by atomic mass is 35.5. The maximum absolute atomic E-state index is 13.1. The number of carbonyl (C=O) groups excluding carboxylic acids is 3. The zero-order valence-corrected chi connectivity index (χ0v) is 19.1. The lowest BCUT2D eigenvalue weighted by atomic mass is 10.1. The highest BCUT2D eigenvalue weighted by Crippen LogP contribution is 2.29. The zero-order valence-electron chi connectivity index (χ0n) is 17.6. The van der Waals surface area contributed by atoms with Gasteiger partial charge in [0.1, 0.15) is 5.75 Å². The number of amides is 3. The molecule has 2 saturated heterocycles. The first-order chi connectivity index (χ1) is 15.4. The van der Waals surface area contributed by atoms with Gasteiger partial charge in [-0.3, -0.25) is 14.4 Å². The van der Waals surface area contributed by atoms with Crippen LogP contribution in [0.4, 0.5) is 5.69 Å². The van der Waals surface area contributed by atoms with Crippen LogP contribution in [-0.4, -0.2) is 67.4 Å². The minimum Gasteiger partial charge on any atom is -0.497 e. The number of carbonyl (C=O) groups is 3. The van der Waals surface area contributed by atoms with Crippen LogP contribution < -0.4 is 9.64 Å². The molecule has 0 spiro atoms. The number of ether oxygens (including phenoxy) is 1. The van der Waals surface area contributed by atoms with E-state index in [1.54, 1.807) is 52.1 Å². The molecule has 2 aromatic carbocycles. The number of halogens is 2. The summed E-state index contributed by atoms with van der Waals surface area (Å²) in [6, 6.07) is 12.2. The Morgan fingerprint density at radius 1 is 0.969 bits per heavy atom. The van der Waals surface area contributed by atoms with Crippen LogP contribution in [0.25, 0.3) is 0 Å². The van der Waals surface area contributed by atoms with Gasteiger partial charge in [-0.15, -0.1) is 0 Å². The Labute approximate surface area is 196 Å². The van der Waals surface area contributed by atoms with E-state index in [0.29, 0.717) is 49.1 Å². The number of anilines is 1. The van der Waals surface area contributed by atoms with Crippen LogP contribution in [0.1, 0.15) is 16.8 Å². The quantitative estimate of drug-likeness (QED) is 0.679. The third-order valence-electron chi connectivity index (χ3n) is 5.92. The standard InChI is InChI=1S/C23H23Cl2N3O4/c1-32-17-7-5-16(6-8-17)28-14-15(13-20(28)29)22(30)26-9-11-27(12-10-26)23(31)18-3-2-4-19(24)21(18)25/h2-8,15H,9-14H2,1H3. The largest absolute Gasteiger partial charge is 0.497 e. The average Bonchev–Trinajstić information content (AvgIpc) is 3.21. The molecule has 0 N–H and O–H groups in total. The first-order valence-corrected chi connectivity index (χ1v) is 11.1.